The van der Waals surface area contributed by atoms with Crippen molar-refractivity contribution in [3.8, 4) is 0 Å². The first-order valence-electron chi connectivity index (χ1n) is 8.51. The molecule has 6 nitrogen and oxygen atoms in total. The van der Waals surface area contributed by atoms with Gasteiger partial charge in [0.05, 0.1) is 18.7 Å². The summed E-state index contributed by atoms with van der Waals surface area (Å²) in [5.74, 6) is 1.98. The van der Waals surface area contributed by atoms with Crippen molar-refractivity contribution in [1.29, 1.82) is 0 Å². The van der Waals surface area contributed by atoms with E-state index < -0.39 is 0 Å². The molecule has 1 fully saturated rings. The zero-order valence-corrected chi connectivity index (χ0v) is 14.6. The molecule has 3 heterocycles. The summed E-state index contributed by atoms with van der Waals surface area (Å²) >= 11 is 0. The highest BCUT2D eigenvalue weighted by Gasteiger charge is 2.29. The molecular weight excluding hydrogens is 306 g/mol. The van der Waals surface area contributed by atoms with Crippen molar-refractivity contribution >= 4 is 5.91 Å². The van der Waals surface area contributed by atoms with Crippen molar-refractivity contribution in [2.45, 2.75) is 46.1 Å². The lowest BCUT2D eigenvalue weighted by atomic mass is 9.93. The van der Waals surface area contributed by atoms with Gasteiger partial charge in [0.1, 0.15) is 11.5 Å². The number of likely N-dealkylation sites (tertiary alicyclic amines) is 1. The highest BCUT2D eigenvalue weighted by atomic mass is 16.3. The molecule has 2 aromatic rings. The van der Waals surface area contributed by atoms with Gasteiger partial charge in [0, 0.05) is 36.5 Å². The average molecular weight is 331 g/mol. The van der Waals surface area contributed by atoms with Crippen LogP contribution in [0.15, 0.2) is 16.7 Å². The average Bonchev–Trinajstić information content (AvgIpc) is 3.12. The Hall–Kier alpha value is -2.08. The first-order valence-corrected chi connectivity index (χ1v) is 8.51. The summed E-state index contributed by atoms with van der Waals surface area (Å²) in [6, 6.07) is 2.02. The smallest absolute Gasteiger partial charge is 0.257 e. The second kappa shape index (κ2) is 6.81. The van der Waals surface area contributed by atoms with Crippen LogP contribution in [0.4, 0.5) is 0 Å². The molecule has 1 saturated heterocycles. The van der Waals surface area contributed by atoms with Gasteiger partial charge >= 0.3 is 0 Å². The zero-order valence-electron chi connectivity index (χ0n) is 14.6. The first-order chi connectivity index (χ1) is 11.5. The predicted octanol–water partition coefficient (Wildman–Crippen LogP) is 2.41. The quantitative estimate of drug-likeness (QED) is 0.934. The molecule has 24 heavy (non-hydrogen) atoms. The van der Waals surface area contributed by atoms with Gasteiger partial charge in [-0.3, -0.25) is 9.48 Å². The molecule has 0 aromatic carbocycles. The fourth-order valence-corrected chi connectivity index (χ4v) is 3.62. The number of piperidine rings is 1. The molecule has 0 aliphatic carbocycles. The van der Waals surface area contributed by atoms with E-state index in [1.165, 1.54) is 0 Å². The van der Waals surface area contributed by atoms with Gasteiger partial charge in [0.2, 0.25) is 0 Å². The van der Waals surface area contributed by atoms with Crippen molar-refractivity contribution in [3.05, 3.63) is 40.6 Å². The van der Waals surface area contributed by atoms with E-state index in [-0.39, 0.29) is 12.5 Å². The molecule has 1 aliphatic rings. The molecule has 2 aromatic heterocycles. The van der Waals surface area contributed by atoms with Crippen LogP contribution >= 0.6 is 0 Å². The molecule has 1 aliphatic heterocycles. The van der Waals surface area contributed by atoms with Gasteiger partial charge in [-0.2, -0.15) is 5.10 Å². The van der Waals surface area contributed by atoms with Crippen LogP contribution in [0.25, 0.3) is 0 Å². The van der Waals surface area contributed by atoms with Gasteiger partial charge < -0.3 is 14.4 Å². The number of rotatable bonds is 4. The SMILES string of the molecule is Cc1oc(C)c(C(=O)N2CCC(c3ccnn3CCO)CC2)c1C. The number of carbonyl (C=O) groups excluding carboxylic acids is 1. The molecule has 6 heteroatoms. The minimum Gasteiger partial charge on any atom is -0.466 e. The van der Waals surface area contributed by atoms with E-state index in [1.54, 1.807) is 6.20 Å². The summed E-state index contributed by atoms with van der Waals surface area (Å²) in [6.07, 6.45) is 3.61. The molecule has 0 saturated carbocycles. The Morgan fingerprint density at radius 3 is 2.58 bits per heavy atom. The van der Waals surface area contributed by atoms with E-state index in [0.717, 1.165) is 48.5 Å². The second-order valence-electron chi connectivity index (χ2n) is 6.48. The van der Waals surface area contributed by atoms with Crippen LogP contribution in [0.5, 0.6) is 0 Å². The monoisotopic (exact) mass is 331 g/mol. The normalized spacial score (nSPS) is 15.9. The number of carbonyl (C=O) groups is 1. The maximum Gasteiger partial charge on any atom is 0.257 e. The van der Waals surface area contributed by atoms with Crippen LogP contribution in [0.3, 0.4) is 0 Å². The number of hydrogen-bond acceptors (Lipinski definition) is 4. The molecule has 0 unspecified atom stereocenters. The van der Waals surface area contributed by atoms with E-state index >= 15 is 0 Å². The Morgan fingerprint density at radius 2 is 2.00 bits per heavy atom. The minimum absolute atomic E-state index is 0.0733. The number of aromatic nitrogens is 2. The fraction of sp³-hybridized carbons (Fsp3) is 0.556. The standard InChI is InChI=1S/C18H25N3O3/c1-12-13(2)24-14(3)17(12)18(23)20-8-5-15(6-9-20)16-4-7-19-21(16)10-11-22/h4,7,15,22H,5-6,8-11H2,1-3H3. The lowest BCUT2D eigenvalue weighted by molar-refractivity contribution is 0.0708. The Labute approximate surface area is 142 Å². The molecule has 0 bridgehead atoms. The van der Waals surface area contributed by atoms with Crippen LogP contribution < -0.4 is 0 Å². The van der Waals surface area contributed by atoms with Crippen LogP contribution in [-0.2, 0) is 6.54 Å². The van der Waals surface area contributed by atoms with Gasteiger partial charge in [-0.15, -0.1) is 0 Å². The van der Waals surface area contributed by atoms with Crippen molar-refractivity contribution in [2.24, 2.45) is 0 Å². The van der Waals surface area contributed by atoms with Crippen molar-refractivity contribution < 1.29 is 14.3 Å². The van der Waals surface area contributed by atoms with Gasteiger partial charge in [-0.1, -0.05) is 0 Å². The van der Waals surface area contributed by atoms with Crippen molar-refractivity contribution in [1.82, 2.24) is 14.7 Å². The molecule has 1 amide bonds. The number of aliphatic hydroxyl groups excluding tert-OH is 1. The lowest BCUT2D eigenvalue weighted by Gasteiger charge is -2.32. The fourth-order valence-electron chi connectivity index (χ4n) is 3.62. The molecule has 0 atom stereocenters. The highest BCUT2D eigenvalue weighted by molar-refractivity contribution is 5.96. The molecule has 0 spiro atoms. The van der Waals surface area contributed by atoms with E-state index in [9.17, 15) is 4.79 Å². The summed E-state index contributed by atoms with van der Waals surface area (Å²) in [4.78, 5) is 14.8. The Balaban J connectivity index is 1.68. The Bertz CT molecular complexity index is 724. The number of aryl methyl sites for hydroxylation is 2. The maximum absolute atomic E-state index is 12.8. The molecule has 3 rings (SSSR count). The van der Waals surface area contributed by atoms with Crippen molar-refractivity contribution in [2.75, 3.05) is 19.7 Å². The first kappa shape index (κ1) is 16.8. The van der Waals surface area contributed by atoms with E-state index in [1.807, 2.05) is 36.4 Å². The molecule has 1 N–H and O–H groups in total. The van der Waals surface area contributed by atoms with Gasteiger partial charge in [-0.25, -0.2) is 0 Å². The number of amides is 1. The number of aliphatic hydroxyl groups is 1. The Kier molecular flexibility index (Phi) is 4.76. The molecule has 130 valence electrons. The minimum atomic E-state index is 0.0733. The summed E-state index contributed by atoms with van der Waals surface area (Å²) in [5, 5.41) is 13.4. The molecule has 0 radical (unpaired) electrons. The number of nitrogens with zero attached hydrogens (tertiary/aromatic N) is 3. The third kappa shape index (κ3) is 2.98. The third-order valence-corrected chi connectivity index (χ3v) is 5.04. The van der Waals surface area contributed by atoms with Crippen LogP contribution in [0.1, 0.15) is 51.9 Å². The van der Waals surface area contributed by atoms with Crippen LogP contribution in [-0.4, -0.2) is 45.4 Å². The van der Waals surface area contributed by atoms with E-state index in [4.69, 9.17) is 9.52 Å². The summed E-state index contributed by atoms with van der Waals surface area (Å²) in [6.45, 7) is 7.77. The number of furan rings is 1. The van der Waals surface area contributed by atoms with Crippen LogP contribution in [0.2, 0.25) is 0 Å². The van der Waals surface area contributed by atoms with Crippen LogP contribution in [0, 0.1) is 20.8 Å². The topological polar surface area (TPSA) is 71.5 Å². The second-order valence-corrected chi connectivity index (χ2v) is 6.48. The maximum atomic E-state index is 12.8. The lowest BCUT2D eigenvalue weighted by Crippen LogP contribution is -2.38. The van der Waals surface area contributed by atoms with Gasteiger partial charge in [0.15, 0.2) is 0 Å². The van der Waals surface area contributed by atoms with Gasteiger partial charge in [0.25, 0.3) is 5.91 Å². The molecular formula is C18H25N3O3. The highest BCUT2D eigenvalue weighted by Crippen LogP contribution is 2.30. The summed E-state index contributed by atoms with van der Waals surface area (Å²) in [7, 11) is 0. The third-order valence-electron chi connectivity index (χ3n) is 5.04. The van der Waals surface area contributed by atoms with E-state index in [2.05, 4.69) is 5.10 Å². The summed E-state index contributed by atoms with van der Waals surface area (Å²) < 4.78 is 7.47. The van der Waals surface area contributed by atoms with E-state index in [0.29, 0.717) is 18.2 Å². The largest absolute Gasteiger partial charge is 0.466 e. The number of hydrogen-bond donors (Lipinski definition) is 1. The summed E-state index contributed by atoms with van der Waals surface area (Å²) in [5.41, 5.74) is 2.82. The van der Waals surface area contributed by atoms with Crippen molar-refractivity contribution in [3.63, 3.8) is 0 Å². The van der Waals surface area contributed by atoms with Gasteiger partial charge in [-0.05, 0) is 39.7 Å². The zero-order chi connectivity index (χ0) is 17.3. The predicted molar refractivity (Wildman–Crippen MR) is 90.1 cm³/mol. The Morgan fingerprint density at radius 1 is 1.29 bits per heavy atom.